The first-order valence-electron chi connectivity index (χ1n) is 4.84. The third-order valence-electron chi connectivity index (χ3n) is 1.82. The van der Waals surface area contributed by atoms with E-state index in [-0.39, 0.29) is 6.61 Å². The average Bonchev–Trinajstić information content (AvgIpc) is 2.28. The van der Waals surface area contributed by atoms with Crippen molar-refractivity contribution in [2.24, 2.45) is 0 Å². The number of aliphatic hydroxyl groups excluding tert-OH is 1. The van der Waals surface area contributed by atoms with Crippen LogP contribution in [0.2, 0.25) is 0 Å². The minimum Gasteiger partial charge on any atom is -0.431 e. The molecule has 0 bridgehead atoms. The second-order valence-corrected chi connectivity index (χ2v) is 3.05. The largest absolute Gasteiger partial charge is 0.431 e. The molecule has 0 unspecified atom stereocenters. The molecule has 100 valence electrons. The molecule has 18 heavy (non-hydrogen) atoms. The Kier molecular flexibility index (Phi) is 5.44. The molecule has 1 aromatic rings. The van der Waals surface area contributed by atoms with E-state index in [0.717, 1.165) is 12.1 Å². The highest BCUT2D eigenvalue weighted by atomic mass is 19.3. The molecule has 0 aromatic heterocycles. The Morgan fingerprint density at radius 3 is 2.22 bits per heavy atom. The van der Waals surface area contributed by atoms with Crippen molar-refractivity contribution in [2.75, 3.05) is 6.61 Å². The standard InChI is InChI=1S/C11H10F4O3/c12-10(13)17-8-4-3-7(2-1-5-16)6-9(8)18-11(14)15/h1-4,6,10-11,16H,5H2. The molecule has 0 aliphatic rings. The van der Waals surface area contributed by atoms with E-state index in [0.29, 0.717) is 5.56 Å². The van der Waals surface area contributed by atoms with Crippen molar-refractivity contribution in [3.05, 3.63) is 29.8 Å². The number of rotatable bonds is 6. The number of ether oxygens (including phenoxy) is 2. The lowest BCUT2D eigenvalue weighted by Gasteiger charge is -2.12. The van der Waals surface area contributed by atoms with E-state index >= 15 is 0 Å². The first kappa shape index (κ1) is 14.3. The van der Waals surface area contributed by atoms with Crippen LogP contribution in [-0.4, -0.2) is 24.9 Å². The molecule has 0 saturated heterocycles. The molecule has 3 nitrogen and oxygen atoms in total. The van der Waals surface area contributed by atoms with Crippen LogP contribution in [-0.2, 0) is 0 Å². The predicted molar refractivity (Wildman–Crippen MR) is 55.8 cm³/mol. The topological polar surface area (TPSA) is 38.7 Å². The fraction of sp³-hybridized carbons (Fsp3) is 0.273. The quantitative estimate of drug-likeness (QED) is 0.804. The van der Waals surface area contributed by atoms with Gasteiger partial charge in [-0.3, -0.25) is 0 Å². The van der Waals surface area contributed by atoms with E-state index < -0.39 is 24.7 Å². The second kappa shape index (κ2) is 6.85. The smallest absolute Gasteiger partial charge is 0.387 e. The molecule has 7 heteroatoms. The Hall–Kier alpha value is -1.76. The van der Waals surface area contributed by atoms with Gasteiger partial charge >= 0.3 is 13.2 Å². The lowest BCUT2D eigenvalue weighted by molar-refractivity contribution is -0.0692. The van der Waals surface area contributed by atoms with Gasteiger partial charge in [0, 0.05) is 0 Å². The molecule has 0 fully saturated rings. The zero-order chi connectivity index (χ0) is 13.5. The van der Waals surface area contributed by atoms with Crippen molar-refractivity contribution in [1.82, 2.24) is 0 Å². The van der Waals surface area contributed by atoms with Crippen LogP contribution in [0.15, 0.2) is 24.3 Å². The van der Waals surface area contributed by atoms with Gasteiger partial charge in [0.2, 0.25) is 0 Å². The third kappa shape index (κ3) is 4.62. The lowest BCUT2D eigenvalue weighted by atomic mass is 10.2. The molecule has 0 atom stereocenters. The highest BCUT2D eigenvalue weighted by molar-refractivity contribution is 5.55. The molecule has 0 amide bonds. The number of aliphatic hydroxyl groups is 1. The van der Waals surface area contributed by atoms with Gasteiger partial charge in [-0.1, -0.05) is 18.2 Å². The van der Waals surface area contributed by atoms with Crippen molar-refractivity contribution in [2.45, 2.75) is 13.2 Å². The number of hydrogen-bond acceptors (Lipinski definition) is 3. The number of alkyl halides is 4. The Balaban J connectivity index is 2.99. The predicted octanol–water partition coefficient (Wildman–Crippen LogP) is 2.89. The highest BCUT2D eigenvalue weighted by Crippen LogP contribution is 2.31. The zero-order valence-electron chi connectivity index (χ0n) is 9.02. The van der Waals surface area contributed by atoms with Gasteiger partial charge in [-0.15, -0.1) is 0 Å². The van der Waals surface area contributed by atoms with Crippen LogP contribution in [0, 0.1) is 0 Å². The van der Waals surface area contributed by atoms with E-state index in [1.807, 2.05) is 0 Å². The van der Waals surface area contributed by atoms with Gasteiger partial charge in [-0.25, -0.2) is 0 Å². The molecule has 1 N–H and O–H groups in total. The van der Waals surface area contributed by atoms with Gasteiger partial charge in [0.05, 0.1) is 6.61 Å². The van der Waals surface area contributed by atoms with Crippen LogP contribution < -0.4 is 9.47 Å². The fourth-order valence-electron chi connectivity index (χ4n) is 1.20. The Bertz CT molecular complexity index is 407. The van der Waals surface area contributed by atoms with Gasteiger partial charge in [-0.05, 0) is 17.7 Å². The summed E-state index contributed by atoms with van der Waals surface area (Å²) in [5.74, 6) is -0.975. The van der Waals surface area contributed by atoms with E-state index in [4.69, 9.17) is 5.11 Å². The Labute approximate surface area is 100 Å². The van der Waals surface area contributed by atoms with Crippen LogP contribution in [0.3, 0.4) is 0 Å². The van der Waals surface area contributed by atoms with Crippen LogP contribution >= 0.6 is 0 Å². The summed E-state index contributed by atoms with van der Waals surface area (Å²) in [5.41, 5.74) is 0.404. The Morgan fingerprint density at radius 2 is 1.67 bits per heavy atom. The van der Waals surface area contributed by atoms with Crippen molar-refractivity contribution >= 4 is 6.08 Å². The zero-order valence-corrected chi connectivity index (χ0v) is 9.02. The number of halogens is 4. The van der Waals surface area contributed by atoms with Crippen LogP contribution in [0.25, 0.3) is 6.08 Å². The lowest BCUT2D eigenvalue weighted by Crippen LogP contribution is -2.07. The van der Waals surface area contributed by atoms with Gasteiger partial charge in [0.15, 0.2) is 11.5 Å². The van der Waals surface area contributed by atoms with Gasteiger partial charge in [-0.2, -0.15) is 17.6 Å². The minimum absolute atomic E-state index is 0.236. The fourth-order valence-corrected chi connectivity index (χ4v) is 1.20. The maximum Gasteiger partial charge on any atom is 0.387 e. The summed E-state index contributed by atoms with van der Waals surface area (Å²) < 4.78 is 56.4. The van der Waals surface area contributed by atoms with Crippen LogP contribution in [0.4, 0.5) is 17.6 Å². The molecule has 0 heterocycles. The monoisotopic (exact) mass is 266 g/mol. The summed E-state index contributed by atoms with van der Waals surface area (Å²) in [6.45, 7) is -6.52. The molecule has 0 radical (unpaired) electrons. The maximum absolute atomic E-state index is 12.1. The molecule has 1 aromatic carbocycles. The Morgan fingerprint density at radius 1 is 1.06 bits per heavy atom. The molecule has 0 spiro atoms. The van der Waals surface area contributed by atoms with Gasteiger partial charge in [0.1, 0.15) is 0 Å². The second-order valence-electron chi connectivity index (χ2n) is 3.05. The first-order chi connectivity index (χ1) is 8.52. The van der Waals surface area contributed by atoms with E-state index in [9.17, 15) is 17.6 Å². The summed E-state index contributed by atoms with van der Waals surface area (Å²) in [6.07, 6.45) is 2.78. The summed E-state index contributed by atoms with van der Waals surface area (Å²) >= 11 is 0. The van der Waals surface area contributed by atoms with Crippen molar-refractivity contribution < 1.29 is 32.1 Å². The molecular weight excluding hydrogens is 256 g/mol. The van der Waals surface area contributed by atoms with E-state index in [1.54, 1.807) is 0 Å². The van der Waals surface area contributed by atoms with Crippen LogP contribution in [0.5, 0.6) is 11.5 Å². The third-order valence-corrected chi connectivity index (χ3v) is 1.82. The maximum atomic E-state index is 12.1. The molecule has 0 saturated carbocycles. The molecule has 1 rings (SSSR count). The van der Waals surface area contributed by atoms with Crippen molar-refractivity contribution in [3.63, 3.8) is 0 Å². The minimum atomic E-state index is -3.15. The highest BCUT2D eigenvalue weighted by Gasteiger charge is 2.14. The van der Waals surface area contributed by atoms with Crippen LogP contribution in [0.1, 0.15) is 5.56 Å². The average molecular weight is 266 g/mol. The normalized spacial score (nSPS) is 11.5. The van der Waals surface area contributed by atoms with Gasteiger partial charge in [0.25, 0.3) is 0 Å². The SMILES string of the molecule is OCC=Cc1ccc(OC(F)F)c(OC(F)F)c1. The van der Waals surface area contributed by atoms with Gasteiger partial charge < -0.3 is 14.6 Å². The summed E-state index contributed by atoms with van der Waals surface area (Å²) in [4.78, 5) is 0. The molecule has 0 aliphatic heterocycles. The molecule has 0 aliphatic carbocycles. The number of benzene rings is 1. The summed E-state index contributed by atoms with van der Waals surface area (Å²) in [7, 11) is 0. The van der Waals surface area contributed by atoms with E-state index in [2.05, 4.69) is 9.47 Å². The summed E-state index contributed by atoms with van der Waals surface area (Å²) in [5, 5.41) is 8.55. The summed E-state index contributed by atoms with van der Waals surface area (Å²) in [6, 6.07) is 3.55. The number of hydrogen-bond donors (Lipinski definition) is 1. The van der Waals surface area contributed by atoms with Crippen molar-refractivity contribution in [3.8, 4) is 11.5 Å². The molecular formula is C11H10F4O3. The first-order valence-corrected chi connectivity index (χ1v) is 4.84. The van der Waals surface area contributed by atoms with Crippen molar-refractivity contribution in [1.29, 1.82) is 0 Å². The van der Waals surface area contributed by atoms with E-state index in [1.165, 1.54) is 18.2 Å².